The molecule has 0 radical (unpaired) electrons. The predicted molar refractivity (Wildman–Crippen MR) is 120 cm³/mol. The third-order valence-electron chi connectivity index (χ3n) is 6.66. The highest BCUT2D eigenvalue weighted by atomic mass is 16.5. The summed E-state index contributed by atoms with van der Waals surface area (Å²) in [5, 5.41) is 4.16. The van der Waals surface area contributed by atoms with Crippen molar-refractivity contribution in [2.45, 2.75) is 45.4 Å². The molecule has 2 aliphatic rings. The van der Waals surface area contributed by atoms with Gasteiger partial charge in [0.1, 0.15) is 11.6 Å². The van der Waals surface area contributed by atoms with Crippen molar-refractivity contribution >= 4 is 22.6 Å². The molecular formula is C25H24N4O2. The molecule has 2 aromatic heterocycles. The van der Waals surface area contributed by atoms with Crippen LogP contribution in [-0.4, -0.2) is 28.1 Å². The summed E-state index contributed by atoms with van der Waals surface area (Å²) in [4.78, 5) is 22.7. The molecule has 1 aliphatic heterocycles. The van der Waals surface area contributed by atoms with E-state index >= 15 is 0 Å². The van der Waals surface area contributed by atoms with Gasteiger partial charge >= 0.3 is 0 Å². The maximum Gasteiger partial charge on any atom is 0.227 e. The molecule has 6 heteroatoms. The predicted octanol–water partition coefficient (Wildman–Crippen LogP) is 5.29. The van der Waals surface area contributed by atoms with E-state index in [0.29, 0.717) is 12.3 Å². The van der Waals surface area contributed by atoms with E-state index in [0.717, 1.165) is 62.7 Å². The van der Waals surface area contributed by atoms with Gasteiger partial charge in [0, 0.05) is 36.2 Å². The van der Waals surface area contributed by atoms with Crippen LogP contribution >= 0.6 is 0 Å². The number of amides is 1. The fourth-order valence-electron chi connectivity index (χ4n) is 4.87. The van der Waals surface area contributed by atoms with Crippen LogP contribution in [0.25, 0.3) is 33.3 Å². The van der Waals surface area contributed by atoms with Gasteiger partial charge in [0.15, 0.2) is 0 Å². The van der Waals surface area contributed by atoms with Crippen molar-refractivity contribution in [3.05, 3.63) is 53.2 Å². The molecule has 0 saturated heterocycles. The zero-order valence-electron chi connectivity index (χ0n) is 18.0. The zero-order chi connectivity index (χ0) is 21.3. The number of benzene rings is 2. The minimum Gasteiger partial charge on any atom is -0.361 e. The third kappa shape index (κ3) is 2.81. The van der Waals surface area contributed by atoms with Crippen LogP contribution in [0.1, 0.15) is 48.0 Å². The number of imidazole rings is 1. The molecule has 156 valence electrons. The van der Waals surface area contributed by atoms with Gasteiger partial charge in [-0.25, -0.2) is 4.98 Å². The Labute approximate surface area is 180 Å². The molecule has 1 amide bonds. The van der Waals surface area contributed by atoms with E-state index in [1.807, 2.05) is 33.0 Å². The number of fused-ring (bicyclic) bond motifs is 2. The topological polar surface area (TPSA) is 75.0 Å². The Hall–Kier alpha value is -3.41. The van der Waals surface area contributed by atoms with Crippen LogP contribution in [0.3, 0.4) is 0 Å². The van der Waals surface area contributed by atoms with E-state index in [-0.39, 0.29) is 5.91 Å². The van der Waals surface area contributed by atoms with Crippen molar-refractivity contribution in [2.75, 3.05) is 11.9 Å². The van der Waals surface area contributed by atoms with E-state index in [1.54, 1.807) is 4.90 Å². The van der Waals surface area contributed by atoms with E-state index in [1.165, 1.54) is 18.4 Å². The highest BCUT2D eigenvalue weighted by Gasteiger charge is 2.29. The Kier molecular flexibility index (Phi) is 3.88. The summed E-state index contributed by atoms with van der Waals surface area (Å²) in [6.45, 7) is 3.93. The van der Waals surface area contributed by atoms with Gasteiger partial charge in [-0.2, -0.15) is 0 Å². The third-order valence-corrected chi connectivity index (χ3v) is 6.66. The average molecular weight is 412 g/mol. The normalized spacial score (nSPS) is 16.2. The minimum atomic E-state index is 0.162. The Morgan fingerprint density at radius 3 is 2.71 bits per heavy atom. The number of hydrogen-bond acceptors (Lipinski definition) is 4. The fourth-order valence-corrected chi connectivity index (χ4v) is 4.87. The molecule has 0 atom stereocenters. The molecule has 1 N–H and O–H groups in total. The highest BCUT2D eigenvalue weighted by Crippen LogP contribution is 2.43. The molecule has 6 nitrogen and oxygen atoms in total. The number of carbonyl (C=O) groups excluding carboxylic acids is 1. The van der Waals surface area contributed by atoms with Crippen LogP contribution in [0.4, 0.5) is 5.69 Å². The first-order valence-corrected chi connectivity index (χ1v) is 10.9. The van der Waals surface area contributed by atoms with Crippen molar-refractivity contribution in [3.63, 3.8) is 0 Å². The lowest BCUT2D eigenvalue weighted by Gasteiger charge is -2.27. The molecule has 1 saturated carbocycles. The molecule has 1 fully saturated rings. The average Bonchev–Trinajstić information content (AvgIpc) is 3.44. The van der Waals surface area contributed by atoms with Crippen molar-refractivity contribution < 1.29 is 9.32 Å². The van der Waals surface area contributed by atoms with Crippen LogP contribution in [0.2, 0.25) is 0 Å². The van der Waals surface area contributed by atoms with Crippen molar-refractivity contribution in [1.82, 2.24) is 15.1 Å². The lowest BCUT2D eigenvalue weighted by molar-refractivity contribution is -0.118. The molecule has 2 aromatic carbocycles. The molecule has 4 aromatic rings. The first kappa shape index (κ1) is 18.4. The Bertz CT molecular complexity index is 1340. The van der Waals surface area contributed by atoms with Crippen LogP contribution in [0.15, 0.2) is 34.9 Å². The summed E-state index contributed by atoms with van der Waals surface area (Å²) in [6.07, 6.45) is 3.66. The second-order valence-corrected chi connectivity index (χ2v) is 8.77. The van der Waals surface area contributed by atoms with Gasteiger partial charge in [-0.15, -0.1) is 0 Å². The fraction of sp³-hybridized carbons (Fsp3) is 0.320. The summed E-state index contributed by atoms with van der Waals surface area (Å²) in [7, 11) is 1.86. The number of anilines is 1. The second-order valence-electron chi connectivity index (χ2n) is 8.77. The van der Waals surface area contributed by atoms with Crippen LogP contribution in [-0.2, 0) is 11.2 Å². The molecule has 31 heavy (non-hydrogen) atoms. The van der Waals surface area contributed by atoms with Gasteiger partial charge in [0.2, 0.25) is 5.91 Å². The highest BCUT2D eigenvalue weighted by molar-refractivity contribution is 6.01. The lowest BCUT2D eigenvalue weighted by atomic mass is 9.89. The number of aromatic nitrogens is 3. The Morgan fingerprint density at radius 2 is 1.97 bits per heavy atom. The van der Waals surface area contributed by atoms with E-state index < -0.39 is 0 Å². The SMILES string of the molecule is Cc1noc(C)c1-c1cc(-c2cccc3c2CCC(=O)N3C)c2nc(C3CC3)[nH]c2c1. The van der Waals surface area contributed by atoms with Crippen LogP contribution in [0.5, 0.6) is 0 Å². The molecule has 0 bridgehead atoms. The van der Waals surface area contributed by atoms with Gasteiger partial charge in [-0.1, -0.05) is 17.3 Å². The lowest BCUT2D eigenvalue weighted by Crippen LogP contribution is -2.31. The van der Waals surface area contributed by atoms with Crippen molar-refractivity contribution in [1.29, 1.82) is 0 Å². The number of rotatable bonds is 3. The quantitative estimate of drug-likeness (QED) is 0.496. The molecule has 0 spiro atoms. The number of nitrogens with one attached hydrogen (secondary N) is 1. The summed E-state index contributed by atoms with van der Waals surface area (Å²) >= 11 is 0. The second kappa shape index (κ2) is 6.54. The number of hydrogen-bond donors (Lipinski definition) is 1. The molecular weight excluding hydrogens is 388 g/mol. The first-order chi connectivity index (χ1) is 15.0. The summed E-state index contributed by atoms with van der Waals surface area (Å²) < 4.78 is 5.46. The van der Waals surface area contributed by atoms with Gasteiger partial charge in [0.25, 0.3) is 0 Å². The maximum absolute atomic E-state index is 12.3. The summed E-state index contributed by atoms with van der Waals surface area (Å²) in [6, 6.07) is 10.6. The van der Waals surface area contributed by atoms with Crippen LogP contribution in [0, 0.1) is 13.8 Å². The van der Waals surface area contributed by atoms with Crippen LogP contribution < -0.4 is 4.90 Å². The monoisotopic (exact) mass is 412 g/mol. The van der Waals surface area contributed by atoms with E-state index in [2.05, 4.69) is 28.3 Å². The van der Waals surface area contributed by atoms with Gasteiger partial charge in [-0.05, 0) is 68.0 Å². The minimum absolute atomic E-state index is 0.162. The standard InChI is InChI=1S/C25H24N4O2/c1-13-23(14(2)31-28-13)16-11-19(24-20(12-16)26-25(27-24)15-7-8-15)17-5-4-6-21-18(17)9-10-22(30)29(21)3/h4-6,11-12,15H,7-10H2,1-3H3,(H,26,27). The smallest absolute Gasteiger partial charge is 0.227 e. The number of nitrogens with zero attached hydrogens (tertiary/aromatic N) is 3. The number of carbonyl (C=O) groups is 1. The molecule has 3 heterocycles. The van der Waals surface area contributed by atoms with Gasteiger partial charge in [0.05, 0.1) is 16.7 Å². The van der Waals surface area contributed by atoms with Crippen molar-refractivity contribution in [3.8, 4) is 22.3 Å². The summed E-state index contributed by atoms with van der Waals surface area (Å²) in [5.74, 6) is 2.58. The number of aromatic amines is 1. The summed E-state index contributed by atoms with van der Waals surface area (Å²) in [5.41, 5.74) is 9.44. The van der Waals surface area contributed by atoms with E-state index in [4.69, 9.17) is 9.51 Å². The number of H-pyrrole nitrogens is 1. The largest absolute Gasteiger partial charge is 0.361 e. The maximum atomic E-state index is 12.3. The number of aryl methyl sites for hydroxylation is 2. The van der Waals surface area contributed by atoms with Gasteiger partial charge in [-0.3, -0.25) is 4.79 Å². The zero-order valence-corrected chi connectivity index (χ0v) is 18.0. The Balaban J connectivity index is 1.64. The first-order valence-electron chi connectivity index (χ1n) is 10.9. The molecule has 1 aliphatic carbocycles. The molecule has 6 rings (SSSR count). The van der Waals surface area contributed by atoms with Crippen molar-refractivity contribution in [2.24, 2.45) is 0 Å². The van der Waals surface area contributed by atoms with Gasteiger partial charge < -0.3 is 14.4 Å². The molecule has 0 unspecified atom stereocenters. The Morgan fingerprint density at radius 1 is 1.13 bits per heavy atom. The van der Waals surface area contributed by atoms with E-state index in [9.17, 15) is 4.79 Å².